The van der Waals surface area contributed by atoms with Crippen molar-refractivity contribution in [3.8, 4) is 0 Å². The van der Waals surface area contributed by atoms with Crippen LogP contribution in [0.15, 0.2) is 58.5 Å². The van der Waals surface area contributed by atoms with Crippen molar-refractivity contribution in [1.29, 1.82) is 0 Å². The Labute approximate surface area is 183 Å². The molecule has 0 radical (unpaired) electrons. The van der Waals surface area contributed by atoms with Gasteiger partial charge in [-0.3, -0.25) is 19.7 Å². The van der Waals surface area contributed by atoms with E-state index in [-0.39, 0.29) is 30.0 Å². The fourth-order valence-corrected chi connectivity index (χ4v) is 3.88. The van der Waals surface area contributed by atoms with Crippen LogP contribution >= 0.6 is 11.8 Å². The topological polar surface area (TPSA) is 118 Å². The van der Waals surface area contributed by atoms with Gasteiger partial charge in [0.15, 0.2) is 5.16 Å². The summed E-state index contributed by atoms with van der Waals surface area (Å²) >= 11 is 1.44. The molecule has 0 atom stereocenters. The minimum atomic E-state index is -0.489. The number of aromatic amines is 1. The molecular formula is C22H22N4O4S. The highest BCUT2D eigenvalue weighted by Crippen LogP contribution is 2.23. The van der Waals surface area contributed by atoms with E-state index in [1.54, 1.807) is 26.0 Å². The maximum Gasteiger partial charge on any atom is 0.274 e. The van der Waals surface area contributed by atoms with E-state index in [9.17, 15) is 19.7 Å². The van der Waals surface area contributed by atoms with E-state index in [0.717, 1.165) is 5.56 Å². The van der Waals surface area contributed by atoms with Gasteiger partial charge in [-0.2, -0.15) is 0 Å². The number of benzene rings is 2. The Hall–Kier alpha value is -3.46. The number of aryl methyl sites for hydroxylation is 2. The standard InChI is InChI=1S/C22H22N4O4S/c1-14-8-9-17(12-19(14)26(29)30)24-20(27)11-10-18-15(2)23-22(25-21(18)28)31-13-16-6-4-3-5-7-16/h3-9,12H,10-11,13H2,1-2H3,(H,24,27)(H,23,25,28). The molecule has 2 aromatic carbocycles. The number of nitro groups is 1. The van der Waals surface area contributed by atoms with Crippen LogP contribution in [0.5, 0.6) is 0 Å². The van der Waals surface area contributed by atoms with Crippen LogP contribution in [0.3, 0.4) is 0 Å². The number of hydrogen-bond acceptors (Lipinski definition) is 6. The van der Waals surface area contributed by atoms with E-state index in [2.05, 4.69) is 15.3 Å². The summed E-state index contributed by atoms with van der Waals surface area (Å²) in [6.07, 6.45) is 0.279. The Morgan fingerprint density at radius 1 is 1.19 bits per heavy atom. The zero-order valence-electron chi connectivity index (χ0n) is 17.2. The smallest absolute Gasteiger partial charge is 0.274 e. The minimum Gasteiger partial charge on any atom is -0.326 e. The number of H-pyrrole nitrogens is 1. The maximum atomic E-state index is 12.5. The van der Waals surface area contributed by atoms with Crippen molar-refractivity contribution in [3.63, 3.8) is 0 Å². The molecule has 0 aliphatic carbocycles. The summed E-state index contributed by atoms with van der Waals surface area (Å²) in [7, 11) is 0. The van der Waals surface area contributed by atoms with Crippen molar-refractivity contribution in [1.82, 2.24) is 9.97 Å². The molecule has 0 aliphatic rings. The number of nitro benzene ring substituents is 1. The van der Waals surface area contributed by atoms with Crippen molar-refractivity contribution in [2.24, 2.45) is 0 Å². The fraction of sp³-hybridized carbons (Fsp3) is 0.227. The Bertz CT molecular complexity index is 1160. The molecule has 31 heavy (non-hydrogen) atoms. The first-order valence-electron chi connectivity index (χ1n) is 9.65. The molecule has 8 nitrogen and oxygen atoms in total. The number of anilines is 1. The average Bonchev–Trinajstić information content (AvgIpc) is 2.73. The van der Waals surface area contributed by atoms with E-state index < -0.39 is 4.92 Å². The third kappa shape index (κ3) is 6.02. The second-order valence-electron chi connectivity index (χ2n) is 7.02. The molecule has 0 unspecified atom stereocenters. The Balaban J connectivity index is 1.61. The zero-order chi connectivity index (χ0) is 22.4. The molecule has 0 saturated heterocycles. The molecule has 1 amide bonds. The molecular weight excluding hydrogens is 416 g/mol. The lowest BCUT2D eigenvalue weighted by atomic mass is 10.1. The first-order chi connectivity index (χ1) is 14.8. The summed E-state index contributed by atoms with van der Waals surface area (Å²) in [6.45, 7) is 3.38. The first-order valence-corrected chi connectivity index (χ1v) is 10.6. The van der Waals surface area contributed by atoms with Gasteiger partial charge in [0.05, 0.1) is 4.92 Å². The lowest BCUT2D eigenvalue weighted by Crippen LogP contribution is -2.20. The van der Waals surface area contributed by atoms with Gasteiger partial charge in [-0.1, -0.05) is 48.2 Å². The van der Waals surface area contributed by atoms with Gasteiger partial charge >= 0.3 is 0 Å². The molecule has 3 aromatic rings. The highest BCUT2D eigenvalue weighted by atomic mass is 32.2. The largest absolute Gasteiger partial charge is 0.326 e. The number of hydrogen-bond donors (Lipinski definition) is 2. The number of thioether (sulfide) groups is 1. The number of nitrogens with one attached hydrogen (secondary N) is 2. The predicted molar refractivity (Wildman–Crippen MR) is 120 cm³/mol. The third-order valence-corrected chi connectivity index (χ3v) is 5.66. The highest BCUT2D eigenvalue weighted by Gasteiger charge is 2.14. The van der Waals surface area contributed by atoms with Gasteiger partial charge in [-0.05, 0) is 31.9 Å². The van der Waals surface area contributed by atoms with E-state index in [4.69, 9.17) is 0 Å². The highest BCUT2D eigenvalue weighted by molar-refractivity contribution is 7.98. The monoisotopic (exact) mass is 438 g/mol. The lowest BCUT2D eigenvalue weighted by molar-refractivity contribution is -0.385. The van der Waals surface area contributed by atoms with Gasteiger partial charge in [0.1, 0.15) is 0 Å². The number of aromatic nitrogens is 2. The molecule has 0 bridgehead atoms. The van der Waals surface area contributed by atoms with Gasteiger partial charge in [0.2, 0.25) is 5.91 Å². The Kier molecular flexibility index (Phi) is 7.19. The molecule has 0 aliphatic heterocycles. The number of nitrogens with zero attached hydrogens (tertiary/aromatic N) is 2. The fourth-order valence-electron chi connectivity index (χ4n) is 3.02. The van der Waals surface area contributed by atoms with E-state index in [0.29, 0.717) is 33.4 Å². The van der Waals surface area contributed by atoms with E-state index in [1.165, 1.54) is 17.8 Å². The average molecular weight is 439 g/mol. The second-order valence-corrected chi connectivity index (χ2v) is 7.98. The Morgan fingerprint density at radius 3 is 2.61 bits per heavy atom. The van der Waals surface area contributed by atoms with Crippen LogP contribution in [0.2, 0.25) is 0 Å². The summed E-state index contributed by atoms with van der Waals surface area (Å²) in [4.78, 5) is 42.6. The predicted octanol–water partition coefficient (Wildman–Crippen LogP) is 4.16. The maximum absolute atomic E-state index is 12.5. The SMILES string of the molecule is Cc1ccc(NC(=O)CCc2c(C)nc(SCc3ccccc3)[nH]c2=O)cc1[N+](=O)[O-]. The summed E-state index contributed by atoms with van der Waals surface area (Å²) in [5, 5.41) is 14.2. The third-order valence-electron chi connectivity index (χ3n) is 4.71. The number of carbonyl (C=O) groups excluding carboxylic acids is 1. The molecule has 160 valence electrons. The minimum absolute atomic E-state index is 0.0575. The van der Waals surface area contributed by atoms with Crippen LogP contribution in [0.4, 0.5) is 11.4 Å². The van der Waals surface area contributed by atoms with Gasteiger partial charge in [-0.15, -0.1) is 0 Å². The molecule has 0 spiro atoms. The molecule has 2 N–H and O–H groups in total. The molecule has 0 saturated carbocycles. The molecule has 3 rings (SSSR count). The van der Waals surface area contributed by atoms with Crippen LogP contribution < -0.4 is 10.9 Å². The quantitative estimate of drug-likeness (QED) is 0.236. The van der Waals surface area contributed by atoms with Crippen LogP contribution in [-0.4, -0.2) is 20.8 Å². The van der Waals surface area contributed by atoms with Gasteiger partial charge < -0.3 is 10.3 Å². The van der Waals surface area contributed by atoms with Gasteiger partial charge in [0.25, 0.3) is 11.2 Å². The van der Waals surface area contributed by atoms with E-state index in [1.807, 2.05) is 30.3 Å². The van der Waals surface area contributed by atoms with Crippen LogP contribution in [0, 0.1) is 24.0 Å². The first kappa shape index (κ1) is 22.2. The van der Waals surface area contributed by atoms with Crippen molar-refractivity contribution in [2.45, 2.75) is 37.6 Å². The van der Waals surface area contributed by atoms with E-state index >= 15 is 0 Å². The van der Waals surface area contributed by atoms with Gasteiger partial charge in [0, 0.05) is 40.7 Å². The van der Waals surface area contributed by atoms with Crippen LogP contribution in [-0.2, 0) is 17.0 Å². The van der Waals surface area contributed by atoms with Crippen molar-refractivity contribution in [3.05, 3.63) is 91.4 Å². The molecule has 1 aromatic heterocycles. The van der Waals surface area contributed by atoms with Crippen molar-refractivity contribution >= 4 is 29.0 Å². The molecule has 1 heterocycles. The Morgan fingerprint density at radius 2 is 1.94 bits per heavy atom. The summed E-state index contributed by atoms with van der Waals surface area (Å²) in [5.41, 5.74) is 2.71. The number of amides is 1. The molecule has 9 heteroatoms. The zero-order valence-corrected chi connectivity index (χ0v) is 18.0. The lowest BCUT2D eigenvalue weighted by Gasteiger charge is -2.08. The summed E-state index contributed by atoms with van der Waals surface area (Å²) < 4.78 is 0. The second kappa shape index (κ2) is 10.0. The number of rotatable bonds is 8. The van der Waals surface area contributed by atoms with Crippen molar-refractivity contribution in [2.75, 3.05) is 5.32 Å². The summed E-state index contributed by atoms with van der Waals surface area (Å²) in [5.74, 6) is 0.354. The van der Waals surface area contributed by atoms with Gasteiger partial charge in [-0.25, -0.2) is 4.98 Å². The van der Waals surface area contributed by atoms with Crippen LogP contribution in [0.1, 0.15) is 28.8 Å². The van der Waals surface area contributed by atoms with Crippen molar-refractivity contribution < 1.29 is 9.72 Å². The molecule has 0 fully saturated rings. The normalized spacial score (nSPS) is 10.6. The number of carbonyl (C=O) groups is 1. The van der Waals surface area contributed by atoms with Crippen LogP contribution in [0.25, 0.3) is 0 Å². The summed E-state index contributed by atoms with van der Waals surface area (Å²) in [6, 6.07) is 14.4.